The maximum atomic E-state index is 12.3. The van der Waals surface area contributed by atoms with Crippen molar-refractivity contribution in [2.75, 3.05) is 6.54 Å². The molecular formula is C16H20N2O5. The van der Waals surface area contributed by atoms with Gasteiger partial charge in [-0.25, -0.2) is 0 Å². The van der Waals surface area contributed by atoms with Gasteiger partial charge in [0.1, 0.15) is 18.9 Å². The highest BCUT2D eigenvalue weighted by atomic mass is 16.5. The van der Waals surface area contributed by atoms with Gasteiger partial charge in [-0.05, 0) is 26.7 Å². The molecule has 23 heavy (non-hydrogen) atoms. The van der Waals surface area contributed by atoms with E-state index in [0.29, 0.717) is 17.0 Å². The molecule has 7 heteroatoms. The van der Waals surface area contributed by atoms with Crippen LogP contribution in [0, 0.1) is 25.7 Å². The number of aromatic nitrogens is 1. The fourth-order valence-electron chi connectivity index (χ4n) is 3.42. The third kappa shape index (κ3) is 2.87. The second-order valence-corrected chi connectivity index (χ2v) is 6.22. The van der Waals surface area contributed by atoms with Crippen molar-refractivity contribution in [3.05, 3.63) is 17.0 Å². The molecule has 0 bridgehead atoms. The smallest absolute Gasteiger partial charge is 0.326 e. The molecule has 0 unspecified atom stereocenters. The summed E-state index contributed by atoms with van der Waals surface area (Å²) in [5, 5.41) is 3.79. The number of nitrogens with zero attached hydrogens (tertiary/aromatic N) is 2. The van der Waals surface area contributed by atoms with E-state index in [4.69, 9.17) is 9.26 Å². The summed E-state index contributed by atoms with van der Waals surface area (Å²) >= 11 is 0. The molecule has 2 aliphatic rings. The maximum Gasteiger partial charge on any atom is 0.326 e. The highest BCUT2D eigenvalue weighted by Crippen LogP contribution is 2.37. The maximum absolute atomic E-state index is 12.3. The average molecular weight is 320 g/mol. The Balaban J connectivity index is 1.59. The molecule has 124 valence electrons. The number of likely N-dealkylation sites (tertiary alicyclic amines) is 1. The number of carbonyl (C=O) groups excluding carboxylic acids is 3. The van der Waals surface area contributed by atoms with Crippen molar-refractivity contribution in [3.63, 3.8) is 0 Å². The van der Waals surface area contributed by atoms with Crippen LogP contribution in [0.25, 0.3) is 0 Å². The summed E-state index contributed by atoms with van der Waals surface area (Å²) < 4.78 is 10.2. The molecule has 1 aliphatic carbocycles. The average Bonchev–Trinajstić information content (AvgIpc) is 2.98. The molecule has 1 aromatic rings. The fourth-order valence-corrected chi connectivity index (χ4v) is 3.42. The Morgan fingerprint density at radius 3 is 2.35 bits per heavy atom. The first-order valence-corrected chi connectivity index (χ1v) is 7.91. The number of esters is 1. The van der Waals surface area contributed by atoms with Crippen LogP contribution < -0.4 is 0 Å². The lowest BCUT2D eigenvalue weighted by Crippen LogP contribution is -2.36. The van der Waals surface area contributed by atoms with Crippen LogP contribution in [0.15, 0.2) is 4.52 Å². The van der Waals surface area contributed by atoms with Gasteiger partial charge in [-0.2, -0.15) is 0 Å². The molecule has 3 rings (SSSR count). The van der Waals surface area contributed by atoms with Crippen LogP contribution in [0.1, 0.15) is 42.7 Å². The number of ether oxygens (including phenoxy) is 1. The number of hydrogen-bond donors (Lipinski definition) is 0. The molecule has 0 aromatic carbocycles. The van der Waals surface area contributed by atoms with Crippen molar-refractivity contribution in [1.82, 2.24) is 10.1 Å². The molecular weight excluding hydrogens is 300 g/mol. The minimum Gasteiger partial charge on any atom is -0.459 e. The van der Waals surface area contributed by atoms with E-state index in [-0.39, 0.29) is 36.8 Å². The van der Waals surface area contributed by atoms with E-state index < -0.39 is 5.97 Å². The predicted octanol–water partition coefficient (Wildman–Crippen LogP) is 1.51. The zero-order valence-corrected chi connectivity index (χ0v) is 13.3. The third-order valence-corrected chi connectivity index (χ3v) is 4.78. The van der Waals surface area contributed by atoms with Gasteiger partial charge in [-0.1, -0.05) is 18.0 Å². The van der Waals surface area contributed by atoms with Gasteiger partial charge >= 0.3 is 5.97 Å². The van der Waals surface area contributed by atoms with Crippen molar-refractivity contribution in [2.45, 2.75) is 46.1 Å². The number of hydrogen-bond acceptors (Lipinski definition) is 6. The molecule has 0 spiro atoms. The summed E-state index contributed by atoms with van der Waals surface area (Å²) in [5.74, 6) is -0.943. The summed E-state index contributed by atoms with van der Waals surface area (Å²) in [6.45, 7) is 3.22. The van der Waals surface area contributed by atoms with Crippen molar-refractivity contribution < 1.29 is 23.6 Å². The Hall–Kier alpha value is -2.18. The second kappa shape index (κ2) is 6.14. The molecule has 0 radical (unpaired) electrons. The molecule has 1 saturated carbocycles. The van der Waals surface area contributed by atoms with Crippen LogP contribution in [0.5, 0.6) is 0 Å². The number of fused-ring (bicyclic) bond motifs is 1. The van der Waals surface area contributed by atoms with Gasteiger partial charge in [-0.15, -0.1) is 0 Å². The number of imide groups is 1. The Morgan fingerprint density at radius 1 is 1.22 bits per heavy atom. The highest BCUT2D eigenvalue weighted by molar-refractivity contribution is 6.07. The number of aryl methyl sites for hydroxylation is 2. The highest BCUT2D eigenvalue weighted by Gasteiger charge is 2.48. The lowest BCUT2D eigenvalue weighted by atomic mass is 9.81. The van der Waals surface area contributed by atoms with Crippen molar-refractivity contribution >= 4 is 17.8 Å². The summed E-state index contributed by atoms with van der Waals surface area (Å²) in [7, 11) is 0. The van der Waals surface area contributed by atoms with Gasteiger partial charge in [0.2, 0.25) is 11.8 Å². The van der Waals surface area contributed by atoms with Crippen LogP contribution in [0.4, 0.5) is 0 Å². The Bertz CT molecular complexity index is 607. The van der Waals surface area contributed by atoms with E-state index in [1.165, 1.54) is 0 Å². The monoisotopic (exact) mass is 320 g/mol. The minimum absolute atomic E-state index is 0.0308. The molecule has 2 heterocycles. The van der Waals surface area contributed by atoms with E-state index in [1.807, 2.05) is 0 Å². The third-order valence-electron chi connectivity index (χ3n) is 4.78. The van der Waals surface area contributed by atoms with Gasteiger partial charge in [-0.3, -0.25) is 19.3 Å². The van der Waals surface area contributed by atoms with Gasteiger partial charge in [0.25, 0.3) is 0 Å². The van der Waals surface area contributed by atoms with E-state index >= 15 is 0 Å². The number of rotatable bonds is 4. The second-order valence-electron chi connectivity index (χ2n) is 6.22. The van der Waals surface area contributed by atoms with Crippen LogP contribution in [0.2, 0.25) is 0 Å². The molecule has 2 fully saturated rings. The van der Waals surface area contributed by atoms with Crippen LogP contribution in [-0.2, 0) is 25.7 Å². The SMILES string of the molecule is Cc1noc(C)c1COC(=O)CN1C(=O)[C@H]2CCCC[C@@H]2C1=O. The van der Waals surface area contributed by atoms with Crippen LogP contribution in [-0.4, -0.2) is 34.4 Å². The van der Waals surface area contributed by atoms with E-state index in [2.05, 4.69) is 5.16 Å². The molecule has 7 nitrogen and oxygen atoms in total. The zero-order valence-electron chi connectivity index (χ0n) is 13.3. The standard InChI is InChI=1S/C16H20N2O5/c1-9-13(10(2)23-17-9)8-22-14(19)7-18-15(20)11-5-3-4-6-12(11)16(18)21/h11-12H,3-8H2,1-2H3/t11-,12-/m0/s1. The van der Waals surface area contributed by atoms with Crippen molar-refractivity contribution in [3.8, 4) is 0 Å². The summed E-state index contributed by atoms with van der Waals surface area (Å²) in [4.78, 5) is 37.7. The van der Waals surface area contributed by atoms with E-state index in [1.54, 1.807) is 13.8 Å². The molecule has 1 aliphatic heterocycles. The molecule has 2 atom stereocenters. The minimum atomic E-state index is -0.592. The molecule has 0 N–H and O–H groups in total. The first-order chi connectivity index (χ1) is 11.0. The van der Waals surface area contributed by atoms with Gasteiger partial charge in [0.05, 0.1) is 23.1 Å². The van der Waals surface area contributed by atoms with Gasteiger partial charge in [0.15, 0.2) is 0 Å². The summed E-state index contributed by atoms with van der Waals surface area (Å²) in [6.07, 6.45) is 3.40. The van der Waals surface area contributed by atoms with E-state index in [9.17, 15) is 14.4 Å². The number of amides is 2. The summed E-state index contributed by atoms with van der Waals surface area (Å²) in [5.41, 5.74) is 1.38. The lowest BCUT2D eigenvalue weighted by Gasteiger charge is -2.19. The molecule has 1 aromatic heterocycles. The Morgan fingerprint density at radius 2 is 1.83 bits per heavy atom. The van der Waals surface area contributed by atoms with Crippen LogP contribution >= 0.6 is 0 Å². The predicted molar refractivity (Wildman–Crippen MR) is 77.9 cm³/mol. The number of carbonyl (C=O) groups is 3. The lowest BCUT2D eigenvalue weighted by molar-refractivity contribution is -0.153. The first kappa shape index (κ1) is 15.7. The van der Waals surface area contributed by atoms with Crippen molar-refractivity contribution in [2.24, 2.45) is 11.8 Å². The van der Waals surface area contributed by atoms with Crippen molar-refractivity contribution in [1.29, 1.82) is 0 Å². The molecule has 1 saturated heterocycles. The zero-order chi connectivity index (χ0) is 16.6. The quantitative estimate of drug-likeness (QED) is 0.617. The normalized spacial score (nSPS) is 24.0. The fraction of sp³-hybridized carbons (Fsp3) is 0.625. The van der Waals surface area contributed by atoms with Crippen LogP contribution in [0.3, 0.4) is 0 Å². The van der Waals surface area contributed by atoms with Gasteiger partial charge < -0.3 is 9.26 Å². The van der Waals surface area contributed by atoms with E-state index in [0.717, 1.165) is 30.6 Å². The van der Waals surface area contributed by atoms with Gasteiger partial charge in [0, 0.05) is 0 Å². The first-order valence-electron chi connectivity index (χ1n) is 7.91. The topological polar surface area (TPSA) is 89.7 Å². The largest absolute Gasteiger partial charge is 0.459 e. The molecule has 2 amide bonds. The Kier molecular flexibility index (Phi) is 4.19. The Labute approximate surface area is 133 Å². The summed E-state index contributed by atoms with van der Waals surface area (Å²) in [6, 6.07) is 0.